The largest absolute Gasteiger partial charge is 0.395 e. The fraction of sp³-hybridized carbons (Fsp3) is 1.00. The van der Waals surface area contributed by atoms with Gasteiger partial charge in [-0.25, -0.2) is 0 Å². The van der Waals surface area contributed by atoms with Crippen molar-refractivity contribution in [3.8, 4) is 0 Å². The zero-order chi connectivity index (χ0) is 7.33. The Morgan fingerprint density at radius 1 is 1.56 bits per heavy atom. The molecular formula is C4H10O4S. The first-order valence-electron chi connectivity index (χ1n) is 2.60. The molecule has 0 aliphatic carbocycles. The summed E-state index contributed by atoms with van der Waals surface area (Å²) in [6, 6.07) is 0. The lowest BCUT2D eigenvalue weighted by atomic mass is 10.9. The summed E-state index contributed by atoms with van der Waals surface area (Å²) >= 11 is 0. The predicted molar refractivity (Wildman–Crippen MR) is 32.5 cm³/mol. The van der Waals surface area contributed by atoms with E-state index in [4.69, 9.17) is 5.11 Å². The maximum Gasteiger partial charge on any atom is 0.269 e. The average Bonchev–Trinajstić information content (AvgIpc) is 1.64. The van der Waals surface area contributed by atoms with Gasteiger partial charge in [0.25, 0.3) is 10.1 Å². The molecule has 0 fully saturated rings. The van der Waals surface area contributed by atoms with Crippen LogP contribution in [0.4, 0.5) is 0 Å². The Hall–Kier alpha value is -0.130. The minimum Gasteiger partial charge on any atom is -0.395 e. The van der Waals surface area contributed by atoms with Gasteiger partial charge in [-0.1, -0.05) is 0 Å². The lowest BCUT2D eigenvalue weighted by Gasteiger charge is -1.98. The Labute approximate surface area is 54.6 Å². The van der Waals surface area contributed by atoms with Gasteiger partial charge in [0.05, 0.1) is 19.0 Å². The molecule has 0 aromatic rings. The first-order valence-corrected chi connectivity index (χ1v) is 4.18. The minimum absolute atomic E-state index is 0.127. The molecule has 0 aromatic heterocycles. The van der Waals surface area contributed by atoms with Crippen molar-refractivity contribution in [3.63, 3.8) is 0 Å². The van der Waals surface area contributed by atoms with E-state index in [2.05, 4.69) is 4.18 Å². The van der Waals surface area contributed by atoms with Crippen LogP contribution in [0.5, 0.6) is 0 Å². The third kappa shape index (κ3) is 4.38. The van der Waals surface area contributed by atoms with Gasteiger partial charge in [0, 0.05) is 0 Å². The van der Waals surface area contributed by atoms with Crippen molar-refractivity contribution in [2.75, 3.05) is 19.0 Å². The molecule has 0 aromatic carbocycles. The highest BCUT2D eigenvalue weighted by Crippen LogP contribution is 1.89. The summed E-state index contributed by atoms with van der Waals surface area (Å²) < 4.78 is 25.2. The molecule has 0 saturated heterocycles. The highest BCUT2D eigenvalue weighted by atomic mass is 32.2. The van der Waals surface area contributed by atoms with Crippen LogP contribution < -0.4 is 0 Å². The third-order valence-corrected chi connectivity index (χ3v) is 1.92. The summed E-state index contributed by atoms with van der Waals surface area (Å²) in [5, 5.41) is 8.17. The van der Waals surface area contributed by atoms with E-state index in [-0.39, 0.29) is 19.0 Å². The molecular weight excluding hydrogens is 144 g/mol. The summed E-state index contributed by atoms with van der Waals surface area (Å²) in [5.74, 6) is -0.319. The normalized spacial score (nSPS) is 11.8. The van der Waals surface area contributed by atoms with E-state index in [0.717, 1.165) is 0 Å². The third-order valence-electron chi connectivity index (χ3n) is 0.639. The summed E-state index contributed by atoms with van der Waals surface area (Å²) in [7, 11) is -3.43. The number of aliphatic hydroxyl groups excluding tert-OH is 1. The highest BCUT2D eigenvalue weighted by molar-refractivity contribution is 7.86. The van der Waals surface area contributed by atoms with Crippen LogP contribution in [0.3, 0.4) is 0 Å². The molecule has 0 rings (SSSR count). The second-order valence-corrected chi connectivity index (χ2v) is 3.15. The van der Waals surface area contributed by atoms with Crippen molar-refractivity contribution < 1.29 is 17.7 Å². The zero-order valence-corrected chi connectivity index (χ0v) is 6.02. The van der Waals surface area contributed by atoms with Crippen LogP contribution in [0, 0.1) is 0 Å². The molecule has 5 heteroatoms. The SMILES string of the molecule is CCOS(=O)(=O)CCO. The van der Waals surface area contributed by atoms with Gasteiger partial charge in [0.1, 0.15) is 0 Å². The van der Waals surface area contributed by atoms with Crippen LogP contribution in [-0.2, 0) is 14.3 Å². The van der Waals surface area contributed by atoms with E-state index < -0.39 is 10.1 Å². The molecule has 0 radical (unpaired) electrons. The molecule has 4 nitrogen and oxygen atoms in total. The number of hydrogen-bond donors (Lipinski definition) is 1. The Morgan fingerprint density at radius 2 is 2.11 bits per heavy atom. The van der Waals surface area contributed by atoms with E-state index in [1.165, 1.54) is 0 Å². The molecule has 0 aliphatic heterocycles. The summed E-state index contributed by atoms with van der Waals surface area (Å²) in [6.07, 6.45) is 0. The molecule has 0 amide bonds. The van der Waals surface area contributed by atoms with Gasteiger partial charge in [-0.05, 0) is 6.92 Å². The summed E-state index contributed by atoms with van der Waals surface area (Å²) in [5.41, 5.74) is 0. The Kier molecular flexibility index (Phi) is 3.76. The van der Waals surface area contributed by atoms with Gasteiger partial charge in [0.15, 0.2) is 0 Å². The number of rotatable bonds is 4. The van der Waals surface area contributed by atoms with Gasteiger partial charge in [0.2, 0.25) is 0 Å². The molecule has 0 saturated carbocycles. The maximum absolute atomic E-state index is 10.4. The second-order valence-electron chi connectivity index (χ2n) is 1.39. The molecule has 0 bridgehead atoms. The Bertz CT molecular complexity index is 136. The zero-order valence-electron chi connectivity index (χ0n) is 5.20. The van der Waals surface area contributed by atoms with Gasteiger partial charge in [-0.2, -0.15) is 8.42 Å². The van der Waals surface area contributed by atoms with Crippen LogP contribution >= 0.6 is 0 Å². The van der Waals surface area contributed by atoms with Crippen molar-refractivity contribution in [3.05, 3.63) is 0 Å². The number of aliphatic hydroxyl groups is 1. The lowest BCUT2D eigenvalue weighted by Crippen LogP contribution is -2.12. The Balaban J connectivity index is 3.73. The molecule has 1 N–H and O–H groups in total. The van der Waals surface area contributed by atoms with Gasteiger partial charge in [-0.15, -0.1) is 0 Å². The molecule has 0 aliphatic rings. The smallest absolute Gasteiger partial charge is 0.269 e. The second kappa shape index (κ2) is 3.81. The van der Waals surface area contributed by atoms with E-state index in [9.17, 15) is 8.42 Å². The molecule has 0 unspecified atom stereocenters. The first-order chi connectivity index (χ1) is 4.12. The van der Waals surface area contributed by atoms with Crippen molar-refractivity contribution in [2.45, 2.75) is 6.92 Å². The van der Waals surface area contributed by atoms with E-state index in [0.29, 0.717) is 0 Å². The maximum atomic E-state index is 10.4. The van der Waals surface area contributed by atoms with Crippen molar-refractivity contribution in [1.29, 1.82) is 0 Å². The fourth-order valence-corrected chi connectivity index (χ4v) is 1.05. The van der Waals surface area contributed by atoms with Crippen molar-refractivity contribution >= 4 is 10.1 Å². The standard InChI is InChI=1S/C4H10O4S/c1-2-8-9(6,7)4-3-5/h5H,2-4H2,1H3. The monoisotopic (exact) mass is 154 g/mol. The van der Waals surface area contributed by atoms with Crippen molar-refractivity contribution in [1.82, 2.24) is 0 Å². The predicted octanol–water partition coefficient (Wildman–Crippen LogP) is -0.655. The van der Waals surface area contributed by atoms with Crippen LogP contribution in [0.2, 0.25) is 0 Å². The van der Waals surface area contributed by atoms with Crippen LogP contribution in [0.25, 0.3) is 0 Å². The summed E-state index contributed by atoms with van der Waals surface area (Å²) in [6.45, 7) is 1.32. The van der Waals surface area contributed by atoms with Gasteiger partial charge in [-0.3, -0.25) is 4.18 Å². The average molecular weight is 154 g/mol. The van der Waals surface area contributed by atoms with Crippen LogP contribution in [0.1, 0.15) is 6.92 Å². The molecule has 0 spiro atoms. The van der Waals surface area contributed by atoms with Gasteiger partial charge >= 0.3 is 0 Å². The minimum atomic E-state index is -3.43. The summed E-state index contributed by atoms with van der Waals surface area (Å²) in [4.78, 5) is 0. The van der Waals surface area contributed by atoms with E-state index in [1.807, 2.05) is 0 Å². The lowest BCUT2D eigenvalue weighted by molar-refractivity contribution is 0.299. The topological polar surface area (TPSA) is 63.6 Å². The number of hydrogen-bond acceptors (Lipinski definition) is 4. The quantitative estimate of drug-likeness (QED) is 0.546. The molecule has 0 heterocycles. The molecule has 0 atom stereocenters. The van der Waals surface area contributed by atoms with E-state index >= 15 is 0 Å². The Morgan fingerprint density at radius 3 is 2.44 bits per heavy atom. The first kappa shape index (κ1) is 8.87. The highest BCUT2D eigenvalue weighted by Gasteiger charge is 2.06. The van der Waals surface area contributed by atoms with Gasteiger partial charge < -0.3 is 5.11 Å². The fourth-order valence-electron chi connectivity index (χ4n) is 0.350. The van der Waals surface area contributed by atoms with Crippen LogP contribution in [-0.4, -0.2) is 32.5 Å². The van der Waals surface area contributed by atoms with E-state index in [1.54, 1.807) is 6.92 Å². The van der Waals surface area contributed by atoms with Crippen LogP contribution in [0.15, 0.2) is 0 Å². The molecule has 56 valence electrons. The molecule has 9 heavy (non-hydrogen) atoms. The van der Waals surface area contributed by atoms with Crippen molar-refractivity contribution in [2.24, 2.45) is 0 Å².